The van der Waals surface area contributed by atoms with Crippen molar-refractivity contribution in [2.45, 2.75) is 20.4 Å². The van der Waals surface area contributed by atoms with Crippen LogP contribution in [-0.4, -0.2) is 11.1 Å². The Morgan fingerprint density at radius 1 is 1.40 bits per heavy atom. The lowest BCUT2D eigenvalue weighted by molar-refractivity contribution is 0.0951. The molecule has 20 heavy (non-hydrogen) atoms. The smallest absolute Gasteiger partial charge is 0.253 e. The van der Waals surface area contributed by atoms with Gasteiger partial charge in [0.25, 0.3) is 5.91 Å². The molecule has 0 radical (unpaired) electrons. The molecule has 0 unspecified atom stereocenters. The van der Waals surface area contributed by atoms with Crippen LogP contribution >= 0.6 is 23.2 Å². The summed E-state index contributed by atoms with van der Waals surface area (Å²) in [5, 5.41) is 6.98. The van der Waals surface area contributed by atoms with Gasteiger partial charge in [-0.3, -0.25) is 4.79 Å². The van der Waals surface area contributed by atoms with Crippen molar-refractivity contribution in [2.24, 2.45) is 0 Å². The Balaban J connectivity index is 2.17. The van der Waals surface area contributed by atoms with Gasteiger partial charge < -0.3 is 15.6 Å². The second-order valence-electron chi connectivity index (χ2n) is 4.35. The van der Waals surface area contributed by atoms with Crippen molar-refractivity contribution in [3.8, 4) is 0 Å². The fourth-order valence-electron chi connectivity index (χ4n) is 1.79. The topological polar surface area (TPSA) is 81.2 Å². The van der Waals surface area contributed by atoms with E-state index in [4.69, 9.17) is 33.5 Å². The monoisotopic (exact) mass is 313 g/mol. The Bertz CT molecular complexity index is 648. The molecule has 1 aromatic carbocycles. The van der Waals surface area contributed by atoms with Gasteiger partial charge in [-0.05, 0) is 26.0 Å². The summed E-state index contributed by atoms with van der Waals surface area (Å²) in [6, 6.07) is 2.98. The molecule has 0 spiro atoms. The van der Waals surface area contributed by atoms with Gasteiger partial charge in [0, 0.05) is 17.8 Å². The molecule has 0 aliphatic heterocycles. The molecule has 1 amide bonds. The minimum Gasteiger partial charge on any atom is -0.399 e. The van der Waals surface area contributed by atoms with Crippen molar-refractivity contribution in [1.82, 2.24) is 10.5 Å². The molecule has 106 valence electrons. The number of anilines is 1. The van der Waals surface area contributed by atoms with Gasteiger partial charge in [0.1, 0.15) is 5.76 Å². The minimum absolute atomic E-state index is 0.178. The molecular weight excluding hydrogens is 301 g/mol. The molecular formula is C13H13Cl2N3O2. The first-order valence-corrected chi connectivity index (χ1v) is 6.60. The Morgan fingerprint density at radius 3 is 2.70 bits per heavy atom. The maximum absolute atomic E-state index is 12.1. The van der Waals surface area contributed by atoms with Crippen LogP contribution in [-0.2, 0) is 6.54 Å². The van der Waals surface area contributed by atoms with Crippen molar-refractivity contribution in [1.29, 1.82) is 0 Å². The second kappa shape index (κ2) is 5.73. The number of hydrogen-bond donors (Lipinski definition) is 2. The molecule has 0 aliphatic carbocycles. The van der Waals surface area contributed by atoms with Crippen LogP contribution < -0.4 is 11.1 Å². The summed E-state index contributed by atoms with van der Waals surface area (Å²) < 4.78 is 5.03. The Kier molecular flexibility index (Phi) is 4.20. The molecule has 0 saturated carbocycles. The minimum atomic E-state index is -0.357. The molecule has 5 nitrogen and oxygen atoms in total. The summed E-state index contributed by atoms with van der Waals surface area (Å²) in [5.41, 5.74) is 7.85. The average molecular weight is 314 g/mol. The molecule has 0 bridgehead atoms. The highest BCUT2D eigenvalue weighted by Crippen LogP contribution is 2.28. The zero-order valence-corrected chi connectivity index (χ0v) is 12.5. The number of carbonyl (C=O) groups excluding carboxylic acids is 1. The molecule has 2 aromatic rings. The number of aryl methyl sites for hydroxylation is 2. The van der Waals surface area contributed by atoms with Gasteiger partial charge in [-0.15, -0.1) is 0 Å². The molecule has 0 saturated heterocycles. The van der Waals surface area contributed by atoms with Crippen molar-refractivity contribution >= 4 is 34.8 Å². The van der Waals surface area contributed by atoms with Crippen molar-refractivity contribution in [2.75, 3.05) is 5.73 Å². The number of nitrogens with two attached hydrogens (primary N) is 1. The average Bonchev–Trinajstić information content (AvgIpc) is 2.70. The molecule has 7 heteroatoms. The first-order chi connectivity index (χ1) is 9.40. The van der Waals surface area contributed by atoms with E-state index >= 15 is 0 Å². The largest absolute Gasteiger partial charge is 0.399 e. The highest BCUT2D eigenvalue weighted by Gasteiger charge is 2.16. The third kappa shape index (κ3) is 2.89. The number of rotatable bonds is 3. The Labute approximate surface area is 126 Å². The zero-order valence-electron chi connectivity index (χ0n) is 11.0. The summed E-state index contributed by atoms with van der Waals surface area (Å²) in [4.78, 5) is 12.1. The van der Waals surface area contributed by atoms with Crippen LogP contribution in [0.1, 0.15) is 27.4 Å². The number of nitrogens with zero attached hydrogens (tertiary/aromatic N) is 1. The van der Waals surface area contributed by atoms with Crippen molar-refractivity contribution in [3.63, 3.8) is 0 Å². The number of amides is 1. The maximum atomic E-state index is 12.1. The lowest BCUT2D eigenvalue weighted by Crippen LogP contribution is -2.23. The van der Waals surface area contributed by atoms with E-state index in [2.05, 4.69) is 10.5 Å². The summed E-state index contributed by atoms with van der Waals surface area (Å²) in [6.07, 6.45) is 0. The SMILES string of the molecule is Cc1noc(C)c1CNC(=O)c1cc(N)cc(Cl)c1Cl. The fraction of sp³-hybridized carbons (Fsp3) is 0.231. The summed E-state index contributed by atoms with van der Waals surface area (Å²) >= 11 is 11.9. The standard InChI is InChI=1S/C13H13Cl2N3O2/c1-6-10(7(2)20-18-6)5-17-13(19)9-3-8(16)4-11(14)12(9)15/h3-4H,5,16H2,1-2H3,(H,17,19). The van der Waals surface area contributed by atoms with E-state index in [1.54, 1.807) is 6.92 Å². The van der Waals surface area contributed by atoms with E-state index < -0.39 is 0 Å². The quantitative estimate of drug-likeness (QED) is 0.853. The normalized spacial score (nSPS) is 10.6. The van der Waals surface area contributed by atoms with Gasteiger partial charge in [-0.2, -0.15) is 0 Å². The maximum Gasteiger partial charge on any atom is 0.253 e. The number of nitrogen functional groups attached to an aromatic ring is 1. The molecule has 1 heterocycles. The first kappa shape index (κ1) is 14.7. The van der Waals surface area contributed by atoms with E-state index in [1.165, 1.54) is 12.1 Å². The van der Waals surface area contributed by atoms with Crippen LogP contribution in [0.25, 0.3) is 0 Å². The van der Waals surface area contributed by atoms with E-state index in [9.17, 15) is 4.79 Å². The van der Waals surface area contributed by atoms with Gasteiger partial charge in [0.15, 0.2) is 0 Å². The van der Waals surface area contributed by atoms with E-state index in [-0.39, 0.29) is 21.5 Å². The molecule has 2 rings (SSSR count). The number of carbonyl (C=O) groups is 1. The lowest BCUT2D eigenvalue weighted by Gasteiger charge is -2.08. The summed E-state index contributed by atoms with van der Waals surface area (Å²) in [5.74, 6) is 0.309. The number of nitrogens with one attached hydrogen (secondary N) is 1. The highest BCUT2D eigenvalue weighted by atomic mass is 35.5. The first-order valence-electron chi connectivity index (χ1n) is 5.84. The summed E-state index contributed by atoms with van der Waals surface area (Å²) in [6.45, 7) is 3.89. The third-order valence-electron chi connectivity index (χ3n) is 2.90. The van der Waals surface area contributed by atoms with Gasteiger partial charge in [-0.25, -0.2) is 0 Å². The predicted molar refractivity (Wildman–Crippen MR) is 78.0 cm³/mol. The van der Waals surface area contributed by atoms with E-state index in [1.807, 2.05) is 6.92 Å². The molecule has 0 atom stereocenters. The van der Waals surface area contributed by atoms with Crippen LogP contribution in [0.4, 0.5) is 5.69 Å². The fourth-order valence-corrected chi connectivity index (χ4v) is 2.22. The Hall–Kier alpha value is -1.72. The number of halogens is 2. The predicted octanol–water partition coefficient (Wildman–Crippen LogP) is 3.11. The number of hydrogen-bond acceptors (Lipinski definition) is 4. The lowest BCUT2D eigenvalue weighted by atomic mass is 10.1. The number of aromatic nitrogens is 1. The van der Waals surface area contributed by atoms with Crippen LogP contribution in [0, 0.1) is 13.8 Å². The van der Waals surface area contributed by atoms with Crippen LogP contribution in [0.15, 0.2) is 16.7 Å². The van der Waals surface area contributed by atoms with E-state index in [0.717, 1.165) is 11.3 Å². The second-order valence-corrected chi connectivity index (χ2v) is 5.13. The molecule has 0 aliphatic rings. The van der Waals surface area contributed by atoms with Gasteiger partial charge in [0.2, 0.25) is 0 Å². The highest BCUT2D eigenvalue weighted by molar-refractivity contribution is 6.44. The molecule has 0 fully saturated rings. The Morgan fingerprint density at radius 2 is 2.10 bits per heavy atom. The summed E-state index contributed by atoms with van der Waals surface area (Å²) in [7, 11) is 0. The van der Waals surface area contributed by atoms with Crippen LogP contribution in [0.5, 0.6) is 0 Å². The third-order valence-corrected chi connectivity index (χ3v) is 3.70. The van der Waals surface area contributed by atoms with Gasteiger partial charge >= 0.3 is 0 Å². The zero-order chi connectivity index (χ0) is 14.9. The van der Waals surface area contributed by atoms with Crippen molar-refractivity contribution < 1.29 is 9.32 Å². The number of benzene rings is 1. The molecule has 1 aromatic heterocycles. The van der Waals surface area contributed by atoms with Crippen molar-refractivity contribution in [3.05, 3.63) is 44.8 Å². The molecule has 3 N–H and O–H groups in total. The van der Waals surface area contributed by atoms with Crippen LogP contribution in [0.3, 0.4) is 0 Å². The van der Waals surface area contributed by atoms with Gasteiger partial charge in [0.05, 0.1) is 21.3 Å². The van der Waals surface area contributed by atoms with Gasteiger partial charge in [-0.1, -0.05) is 28.4 Å². The van der Waals surface area contributed by atoms with Crippen LogP contribution in [0.2, 0.25) is 10.0 Å². The van der Waals surface area contributed by atoms with E-state index in [0.29, 0.717) is 18.0 Å².